The topological polar surface area (TPSA) is 70.6 Å². The van der Waals surface area contributed by atoms with E-state index in [0.29, 0.717) is 5.71 Å². The SMILES string of the molecule is C/C(=N/NS(=O)(=O)c1ccc(Br)cc1)c1ccc2c(c1)Nc1ccccc1S2. The van der Waals surface area contributed by atoms with Crippen molar-refractivity contribution < 1.29 is 8.42 Å². The molecule has 0 bridgehead atoms. The minimum Gasteiger partial charge on any atom is -0.354 e. The first-order valence-corrected chi connectivity index (χ1v) is 11.5. The predicted octanol–water partition coefficient (Wildman–Crippen LogP) is 5.36. The van der Waals surface area contributed by atoms with Crippen molar-refractivity contribution in [1.29, 1.82) is 0 Å². The highest BCUT2D eigenvalue weighted by molar-refractivity contribution is 9.10. The molecule has 0 atom stereocenters. The lowest BCUT2D eigenvalue weighted by atomic mass is 10.1. The maximum Gasteiger partial charge on any atom is 0.276 e. The van der Waals surface area contributed by atoms with Crippen LogP contribution in [-0.2, 0) is 10.0 Å². The highest BCUT2D eigenvalue weighted by atomic mass is 79.9. The van der Waals surface area contributed by atoms with Crippen molar-refractivity contribution in [3.63, 3.8) is 0 Å². The van der Waals surface area contributed by atoms with Crippen molar-refractivity contribution in [3.8, 4) is 0 Å². The van der Waals surface area contributed by atoms with Crippen LogP contribution in [0.1, 0.15) is 12.5 Å². The smallest absolute Gasteiger partial charge is 0.276 e. The van der Waals surface area contributed by atoms with E-state index in [-0.39, 0.29) is 4.90 Å². The van der Waals surface area contributed by atoms with Crippen LogP contribution in [0.15, 0.2) is 91.0 Å². The molecule has 3 aromatic rings. The molecule has 0 aromatic heterocycles. The number of hydrazone groups is 1. The summed E-state index contributed by atoms with van der Waals surface area (Å²) in [5, 5.41) is 7.51. The van der Waals surface area contributed by atoms with Crippen molar-refractivity contribution in [2.45, 2.75) is 21.6 Å². The molecule has 0 fully saturated rings. The molecule has 1 aliphatic heterocycles. The number of halogens is 1. The van der Waals surface area contributed by atoms with Gasteiger partial charge in [0.2, 0.25) is 0 Å². The van der Waals surface area contributed by atoms with Gasteiger partial charge in [-0.3, -0.25) is 0 Å². The van der Waals surface area contributed by atoms with Gasteiger partial charge >= 0.3 is 0 Å². The Hall–Kier alpha value is -2.29. The Labute approximate surface area is 176 Å². The van der Waals surface area contributed by atoms with E-state index in [0.717, 1.165) is 26.3 Å². The fraction of sp³-hybridized carbons (Fsp3) is 0.0500. The number of rotatable bonds is 4. The second kappa shape index (κ2) is 7.62. The molecule has 0 aliphatic carbocycles. The molecule has 0 saturated carbocycles. The number of hydrogen-bond donors (Lipinski definition) is 2. The zero-order valence-corrected chi connectivity index (χ0v) is 18.0. The molecule has 3 aromatic carbocycles. The molecule has 0 saturated heterocycles. The molecular weight excluding hydrogens is 458 g/mol. The fourth-order valence-corrected chi connectivity index (χ4v) is 4.81. The molecule has 28 heavy (non-hydrogen) atoms. The van der Waals surface area contributed by atoms with Gasteiger partial charge in [-0.2, -0.15) is 18.4 Å². The first kappa shape index (κ1) is 19.0. The van der Waals surface area contributed by atoms with Gasteiger partial charge in [-0.1, -0.05) is 45.9 Å². The fourth-order valence-electron chi connectivity index (χ4n) is 2.72. The largest absolute Gasteiger partial charge is 0.354 e. The maximum atomic E-state index is 12.4. The van der Waals surface area contributed by atoms with Gasteiger partial charge in [0.05, 0.1) is 22.0 Å². The molecule has 142 valence electrons. The van der Waals surface area contributed by atoms with Crippen LogP contribution >= 0.6 is 27.7 Å². The molecule has 0 spiro atoms. The summed E-state index contributed by atoms with van der Waals surface area (Å²) in [6, 6.07) is 20.4. The van der Waals surface area contributed by atoms with Crippen LogP contribution in [0.5, 0.6) is 0 Å². The number of fused-ring (bicyclic) bond motifs is 2. The van der Waals surface area contributed by atoms with E-state index in [1.54, 1.807) is 30.8 Å². The molecule has 1 heterocycles. The van der Waals surface area contributed by atoms with Gasteiger partial charge in [-0.15, -0.1) is 0 Å². The van der Waals surface area contributed by atoms with Crippen LogP contribution in [0.2, 0.25) is 0 Å². The van der Waals surface area contributed by atoms with Gasteiger partial charge in [0.1, 0.15) is 0 Å². The quantitative estimate of drug-likeness (QED) is 0.309. The number of benzene rings is 3. The van der Waals surface area contributed by atoms with E-state index in [1.165, 1.54) is 17.0 Å². The summed E-state index contributed by atoms with van der Waals surface area (Å²) < 4.78 is 25.6. The second-order valence-corrected chi connectivity index (χ2v) is 9.84. The van der Waals surface area contributed by atoms with E-state index in [1.807, 2.05) is 36.4 Å². The van der Waals surface area contributed by atoms with E-state index >= 15 is 0 Å². The first-order chi connectivity index (χ1) is 13.4. The normalized spacial score (nSPS) is 13.3. The standard InChI is InChI=1S/C20H16BrN3O2S2/c1-13(23-24-28(25,26)16-9-7-15(21)8-10-16)14-6-11-20-18(12-14)22-17-4-2-3-5-19(17)27-20/h2-12,22,24H,1H3/b23-13-. The number of nitrogens with one attached hydrogen (secondary N) is 2. The molecular formula is C20H16BrN3O2S2. The van der Waals surface area contributed by atoms with Crippen LogP contribution < -0.4 is 10.1 Å². The maximum absolute atomic E-state index is 12.4. The van der Waals surface area contributed by atoms with Gasteiger partial charge in [0, 0.05) is 14.3 Å². The van der Waals surface area contributed by atoms with E-state index in [2.05, 4.69) is 37.2 Å². The summed E-state index contributed by atoms with van der Waals surface area (Å²) in [5.74, 6) is 0. The Balaban J connectivity index is 1.56. The lowest BCUT2D eigenvalue weighted by Crippen LogP contribution is -2.20. The third-order valence-corrected chi connectivity index (χ3v) is 7.14. The second-order valence-electron chi connectivity index (χ2n) is 6.18. The number of hydrogen-bond acceptors (Lipinski definition) is 5. The molecule has 4 rings (SSSR count). The number of anilines is 2. The van der Waals surface area contributed by atoms with Crippen molar-refractivity contribution in [1.82, 2.24) is 4.83 Å². The molecule has 0 amide bonds. The average Bonchev–Trinajstić information content (AvgIpc) is 2.70. The van der Waals surface area contributed by atoms with Crippen LogP contribution in [0.3, 0.4) is 0 Å². The van der Waals surface area contributed by atoms with Crippen molar-refractivity contribution in [2.24, 2.45) is 5.10 Å². The zero-order valence-electron chi connectivity index (χ0n) is 14.8. The van der Waals surface area contributed by atoms with Crippen molar-refractivity contribution in [3.05, 3.63) is 76.8 Å². The summed E-state index contributed by atoms with van der Waals surface area (Å²) in [7, 11) is -3.72. The highest BCUT2D eigenvalue weighted by Gasteiger charge is 2.16. The lowest BCUT2D eigenvalue weighted by Gasteiger charge is -2.21. The average molecular weight is 474 g/mol. The Kier molecular flexibility index (Phi) is 5.18. The highest BCUT2D eigenvalue weighted by Crippen LogP contribution is 2.44. The molecule has 5 nitrogen and oxygen atoms in total. The summed E-state index contributed by atoms with van der Waals surface area (Å²) in [6.07, 6.45) is 0. The van der Waals surface area contributed by atoms with Gasteiger partial charge in [0.15, 0.2) is 0 Å². The summed E-state index contributed by atoms with van der Waals surface area (Å²) in [4.78, 5) is 4.76. The molecule has 1 aliphatic rings. The van der Waals surface area contributed by atoms with Gasteiger partial charge in [-0.25, -0.2) is 0 Å². The third kappa shape index (κ3) is 3.94. The van der Waals surface area contributed by atoms with Gasteiger partial charge in [0.25, 0.3) is 10.0 Å². The van der Waals surface area contributed by atoms with Crippen LogP contribution in [0.25, 0.3) is 0 Å². The van der Waals surface area contributed by atoms with E-state index in [9.17, 15) is 8.42 Å². The van der Waals surface area contributed by atoms with E-state index in [4.69, 9.17) is 0 Å². The number of para-hydroxylation sites is 1. The summed E-state index contributed by atoms with van der Waals surface area (Å²) >= 11 is 5.00. The minimum atomic E-state index is -3.72. The van der Waals surface area contributed by atoms with Gasteiger partial charge in [-0.05, 0) is 61.0 Å². The summed E-state index contributed by atoms with van der Waals surface area (Å²) in [5.41, 5.74) is 3.45. The predicted molar refractivity (Wildman–Crippen MR) is 117 cm³/mol. The van der Waals surface area contributed by atoms with E-state index < -0.39 is 10.0 Å². The Morgan fingerprint density at radius 1 is 1.00 bits per heavy atom. The number of nitrogens with zero attached hydrogens (tertiary/aromatic N) is 1. The van der Waals surface area contributed by atoms with Crippen molar-refractivity contribution in [2.75, 3.05) is 5.32 Å². The monoisotopic (exact) mass is 473 g/mol. The van der Waals surface area contributed by atoms with Crippen LogP contribution in [0.4, 0.5) is 11.4 Å². The Bertz CT molecular complexity index is 1180. The number of sulfonamides is 1. The minimum absolute atomic E-state index is 0.160. The molecule has 2 N–H and O–H groups in total. The van der Waals surface area contributed by atoms with Crippen LogP contribution in [0, 0.1) is 0 Å². The third-order valence-electron chi connectivity index (χ3n) is 4.23. The summed E-state index contributed by atoms with van der Waals surface area (Å²) in [6.45, 7) is 1.77. The zero-order chi connectivity index (χ0) is 19.7. The van der Waals surface area contributed by atoms with Crippen LogP contribution in [-0.4, -0.2) is 14.1 Å². The first-order valence-electron chi connectivity index (χ1n) is 8.42. The lowest BCUT2D eigenvalue weighted by molar-refractivity contribution is 0.584. The van der Waals surface area contributed by atoms with Gasteiger partial charge < -0.3 is 5.32 Å². The Morgan fingerprint density at radius 3 is 2.50 bits per heavy atom. The molecule has 0 unspecified atom stereocenters. The van der Waals surface area contributed by atoms with Crippen molar-refractivity contribution >= 4 is 54.8 Å². The molecule has 0 radical (unpaired) electrons. The molecule has 8 heteroatoms. The Morgan fingerprint density at radius 2 is 1.71 bits per heavy atom.